The molecule has 0 aliphatic heterocycles. The topological polar surface area (TPSA) is 85.5 Å². The van der Waals surface area contributed by atoms with Crippen LogP contribution in [0, 0.1) is 0 Å². The Morgan fingerprint density at radius 2 is 0.0204 bits per heavy atom. The average Bonchev–Trinajstić information content (AvgIpc) is 0. The van der Waals surface area contributed by atoms with Gasteiger partial charge in [0.05, 0.1) is 0 Å². The summed E-state index contributed by atoms with van der Waals surface area (Å²) in [6, 6.07) is 0. The molecule has 0 aromatic rings. The van der Waals surface area contributed by atoms with Crippen molar-refractivity contribution in [2.75, 3.05) is 0 Å². The second kappa shape index (κ2) is 673. The van der Waals surface area contributed by atoms with Gasteiger partial charge in [0, 0.05) is 0 Å². The van der Waals surface area contributed by atoms with Gasteiger partial charge >= 0.3 is 4320 Å². The van der Waals surface area contributed by atoms with E-state index in [1.807, 2.05) is 0 Å². The molecule has 0 saturated carbocycles. The Hall–Kier alpha value is 141. The van der Waals surface area contributed by atoms with Crippen LogP contribution in [0.2, 0.25) is 0 Å². The van der Waals surface area contributed by atoms with E-state index in [1.165, 1.54) is 0 Å². The molecule has 98 heteroatoms. The molecule has 0 aromatic carbocycles. The first-order valence-corrected chi connectivity index (χ1v) is 0. The number of hydrogen-bond acceptors (Lipinski definition) is 0. The maximum absolute atomic E-state index is 0. The molecule has 0 aliphatic carbocycles. The van der Waals surface area contributed by atoms with Crippen LogP contribution in [0.1, 0.15) is 0 Å². The average molecular weight is 8370 g/mol. The van der Waals surface area contributed by atoms with Crippen LogP contribution in [0.3, 0.4) is 0 Å². The van der Waals surface area contributed by atoms with Gasteiger partial charge in [0.2, 0.25) is 0 Å². The van der Waals surface area contributed by atoms with E-state index in [1.54, 1.807) is 0 Å². The summed E-state index contributed by atoms with van der Waals surface area (Å²) in [5.41, 5.74) is 0. The van der Waals surface area contributed by atoms with E-state index in [9.17, 15) is 0 Å². The van der Waals surface area contributed by atoms with Crippen LogP contribution in [0.15, 0.2) is 0 Å². The van der Waals surface area contributed by atoms with Crippen molar-refractivity contribution in [3.63, 3.8) is 0 Å². The van der Waals surface area contributed by atoms with Crippen LogP contribution in [0.4, 0.5) is 0 Å². The van der Waals surface area contributed by atoms with Gasteiger partial charge in [0.15, 0.2) is 0 Å². The smallest absolute Gasteiger partial charge is 2.00 e. The van der Waals surface area contributed by atoms with Gasteiger partial charge in [-0.05, 0) is 0 Å². The van der Waals surface area contributed by atoms with Gasteiger partial charge < -0.3 is 16.4 Å². The van der Waals surface area contributed by atoms with Crippen molar-refractivity contribution >= 4 is 4320 Å². The molecular weight excluding hydrogens is 8370 g/mol. The summed E-state index contributed by atoms with van der Waals surface area (Å²) in [6.07, 6.45) is 0. The molecule has 0 atom stereocenters. The summed E-state index contributed by atoms with van der Waals surface area (Å²) in [7, 11) is 0. The second-order valence-corrected chi connectivity index (χ2v) is 0. The third kappa shape index (κ3) is 664. The van der Waals surface area contributed by atoms with Crippen LogP contribution >= 0.6 is 0 Å². The molecule has 3 nitrogen and oxygen atoms in total. The summed E-state index contributed by atoms with van der Waals surface area (Å²) in [5.74, 6) is 0. The van der Waals surface area contributed by atoms with Gasteiger partial charge in [-0.25, -0.2) is 0 Å². The molecule has 0 amide bonds. The van der Waals surface area contributed by atoms with Crippen LogP contribution in [0.25, 0.3) is 0 Å². The Bertz CT molecular complexity index is 19.4. The summed E-state index contributed by atoms with van der Waals surface area (Å²) >= 11 is 0. The molecule has 0 aliphatic rings. The van der Waals surface area contributed by atoms with E-state index in [-0.39, 0.29) is 4340 Å². The van der Waals surface area contributed by atoms with Crippen LogP contribution in [-0.2, 0) is 16.4 Å². The molecule has 0 bridgehead atoms. The maximum atomic E-state index is 0. The first-order valence-electron chi connectivity index (χ1n) is 0. The number of hydrogen-bond donors (Lipinski definition) is 0. The van der Waals surface area contributed by atoms with Gasteiger partial charge in [-0.2, -0.15) is 0 Å². The molecule has 0 aromatic heterocycles. The summed E-state index contributed by atoms with van der Waals surface area (Å²) < 4.78 is 0. The third-order valence-corrected chi connectivity index (χ3v) is 0. The minimum absolute atomic E-state index is 0. The largest absolute Gasteiger partial charge is 2.00 e. The molecule has 0 fully saturated rings. The van der Waals surface area contributed by atoms with Gasteiger partial charge in [-0.1, -0.05) is 0 Å². The van der Waals surface area contributed by atoms with Crippen molar-refractivity contribution in [2.45, 2.75) is 0 Å². The van der Waals surface area contributed by atoms with Crippen molar-refractivity contribution in [1.82, 2.24) is 0 Å². The van der Waals surface area contributed by atoms with E-state index in [0.717, 1.165) is 0 Å². The van der Waals surface area contributed by atoms with E-state index >= 15 is 0 Å². The molecule has 0 heterocycles. The van der Waals surface area contributed by atoms with Crippen molar-refractivity contribution in [3.05, 3.63) is 0 Å². The molecule has 0 N–H and O–H groups in total. The van der Waals surface area contributed by atoms with Crippen molar-refractivity contribution in [3.8, 4) is 0 Å². The van der Waals surface area contributed by atoms with E-state index in [2.05, 4.69) is 0 Å². The van der Waals surface area contributed by atoms with Crippen molar-refractivity contribution in [1.29, 1.82) is 0 Å². The Kier molecular flexibility index (Phi) is 4680. The van der Waals surface area contributed by atoms with Gasteiger partial charge in [-0.3, -0.25) is 0 Å². The SMILES string of the molecule is [O-2].[O-2].[O-2].[Sr+2].[Sr+2].[Sr+2].[Sr+2].[Sr+2].[Sr+2].[Sr+2].[Sr+2].[Sr+2].[Sr+2].[Sr+2].[Sr+2].[Sr+2].[Sr+2].[Sr+2].[Sr+2].[Sr+2].[Sr+2].[Sr+2].[Sr+2].[Sr+2].[Sr+2].[Sr+2].[Sr+2].[Sr+2].[Sr+2].[Sr+2].[Sr+2].[Sr+2].[Sr+2].[Sr+2].[Sr+2].[Sr+2].[Sr+2].[Sr+2].[Sr+2].[Sr+2].[Sr+2].[Sr+2].[Sr+2].[Sr+2].[Sr+2].[Sr+2].[Sr+2].[Sr+2].[Sr+2].[Sr+2].[Sr+2].[Sr+2].[Sr+2].[Sr+2].[Sr+2].[Sr+2].[Sr+2].[Sr+2].[Sr+2].[Sr+2].[Sr+2].[Sr+2].[Sr+2].[Sr+2].[Sr+2].[Sr+2].[Sr+2].[Sr+2].[Sr+2].[Sr+2].[Sr+2].[Sr+2].[Sr+2].[Sr+2].[Sr+2].[Sr+2].[Sr+2].[Sr+2].[Sr+2].[Sr+2].[Sr+2].[Sr+2].[Sr+2].[Sr+2].[Sr+2].[Sr+2].[Sr+2].[Sr+2].[Sr+2].[Sr+2].[Sr+2].[Sr+2].[Sr+2].[Sr+2].[Sr+2].[Sr+2].[Sr+2].[Sr+2]. The predicted octanol–water partition coefficient (Wildman–Crippen LogP) is -36.5. The molecular formula is O3Sr95+184. The third-order valence-electron chi connectivity index (χ3n) is 0. The molecule has 24 valence electrons. The minimum atomic E-state index is 0. The number of rotatable bonds is 0. The quantitative estimate of drug-likeness (QED) is 0.217. The van der Waals surface area contributed by atoms with Gasteiger partial charge in [0.25, 0.3) is 0 Å². The molecule has 0 rings (SSSR count). The fraction of sp³-hybridized carbons (Fsp3) is 0. The molecule has 0 radical (unpaired) electrons. The molecule has 0 spiro atoms. The second-order valence-electron chi connectivity index (χ2n) is 0. The van der Waals surface area contributed by atoms with Gasteiger partial charge in [-0.15, -0.1) is 0 Å². The Labute approximate surface area is 4140 Å². The first kappa shape index (κ1) is 681. The first-order chi connectivity index (χ1) is 0. The molecule has 98 heavy (non-hydrogen) atoms. The van der Waals surface area contributed by atoms with E-state index in [4.69, 9.17) is 0 Å². The zero-order valence-electron chi connectivity index (χ0n) is 68.4. The van der Waals surface area contributed by atoms with Crippen LogP contribution in [-0.4, -0.2) is 4320 Å². The fourth-order valence-corrected chi connectivity index (χ4v) is 0. The zero-order chi connectivity index (χ0) is 0. The summed E-state index contributed by atoms with van der Waals surface area (Å²) in [5, 5.41) is 0. The van der Waals surface area contributed by atoms with E-state index < -0.39 is 0 Å². The minimum Gasteiger partial charge on any atom is -2.00 e. The Balaban J connectivity index is 0. The van der Waals surface area contributed by atoms with Crippen LogP contribution < -0.4 is 0 Å². The van der Waals surface area contributed by atoms with Crippen molar-refractivity contribution < 1.29 is 16.4 Å². The predicted molar refractivity (Wildman–Crippen MR) is 549 cm³/mol. The Morgan fingerprint density at radius 3 is 0.0204 bits per heavy atom. The van der Waals surface area contributed by atoms with Crippen molar-refractivity contribution in [2.24, 2.45) is 0 Å². The van der Waals surface area contributed by atoms with E-state index in [0.29, 0.717) is 0 Å². The van der Waals surface area contributed by atoms with Gasteiger partial charge in [0.1, 0.15) is 0 Å². The normalized spacial score (nSPS) is 0. The standard InChI is InChI=1S/3O.95Sr/q3*-2;95*+2. The fourth-order valence-electron chi connectivity index (χ4n) is 0. The molecule has 0 unspecified atom stereocenters. The Morgan fingerprint density at radius 1 is 0.0204 bits per heavy atom. The van der Waals surface area contributed by atoms with Crippen LogP contribution in [0.5, 0.6) is 0 Å². The molecule has 0 saturated heterocycles. The maximum Gasteiger partial charge on any atom is 2.00 e. The monoisotopic (exact) mass is 8400 g/mol. The summed E-state index contributed by atoms with van der Waals surface area (Å²) in [4.78, 5) is 0. The zero-order valence-corrected chi connectivity index (χ0v) is 399. The summed E-state index contributed by atoms with van der Waals surface area (Å²) in [6.45, 7) is 0.